The van der Waals surface area contributed by atoms with E-state index in [-0.39, 0.29) is 11.8 Å². The van der Waals surface area contributed by atoms with E-state index in [2.05, 4.69) is 27.3 Å². The molecule has 100 valence electrons. The standard InChI is InChI=1S/C14H15BrN2O2/c15-11-6-10(8-16)2-3-12(11)17-9-14(4-1-5-14)7-13(18)19/h2-3,6,17H,1,4-5,7,9H2,(H,18,19). The van der Waals surface area contributed by atoms with Crippen LogP contribution < -0.4 is 5.32 Å². The molecule has 0 spiro atoms. The van der Waals surface area contributed by atoms with E-state index in [4.69, 9.17) is 10.4 Å². The Hall–Kier alpha value is -1.54. The van der Waals surface area contributed by atoms with Crippen molar-refractivity contribution in [2.24, 2.45) is 5.41 Å². The fraction of sp³-hybridized carbons (Fsp3) is 0.429. The molecule has 0 amide bonds. The average Bonchev–Trinajstić information content (AvgIpc) is 2.33. The molecule has 2 rings (SSSR count). The SMILES string of the molecule is N#Cc1ccc(NCC2(CC(=O)O)CCC2)c(Br)c1. The monoisotopic (exact) mass is 322 g/mol. The maximum atomic E-state index is 10.9. The summed E-state index contributed by atoms with van der Waals surface area (Å²) in [6.07, 6.45) is 3.23. The van der Waals surface area contributed by atoms with Gasteiger partial charge >= 0.3 is 5.97 Å². The first-order valence-corrected chi connectivity index (χ1v) is 6.99. The number of anilines is 1. The van der Waals surface area contributed by atoms with Crippen molar-refractivity contribution in [1.82, 2.24) is 0 Å². The Morgan fingerprint density at radius 3 is 2.74 bits per heavy atom. The summed E-state index contributed by atoms with van der Waals surface area (Å²) in [7, 11) is 0. The number of rotatable bonds is 5. The van der Waals surface area contributed by atoms with Crippen LogP contribution in [0.3, 0.4) is 0 Å². The molecule has 1 fully saturated rings. The van der Waals surface area contributed by atoms with Crippen LogP contribution in [0, 0.1) is 16.7 Å². The number of nitrogens with one attached hydrogen (secondary N) is 1. The lowest BCUT2D eigenvalue weighted by Crippen LogP contribution is -2.38. The summed E-state index contributed by atoms with van der Waals surface area (Å²) < 4.78 is 0.830. The minimum atomic E-state index is -0.736. The Morgan fingerprint density at radius 2 is 2.26 bits per heavy atom. The van der Waals surface area contributed by atoms with E-state index in [0.717, 1.165) is 29.4 Å². The lowest BCUT2D eigenvalue weighted by Gasteiger charge is -2.41. The number of carbonyl (C=O) groups is 1. The zero-order valence-electron chi connectivity index (χ0n) is 10.4. The first-order chi connectivity index (χ1) is 9.04. The Morgan fingerprint density at radius 1 is 1.53 bits per heavy atom. The van der Waals surface area contributed by atoms with Crippen LogP contribution in [0.15, 0.2) is 22.7 Å². The Bertz CT molecular complexity index is 533. The topological polar surface area (TPSA) is 73.1 Å². The summed E-state index contributed by atoms with van der Waals surface area (Å²) in [4.78, 5) is 10.9. The minimum absolute atomic E-state index is 0.112. The number of halogens is 1. The van der Waals surface area contributed by atoms with Gasteiger partial charge < -0.3 is 10.4 Å². The molecule has 0 atom stereocenters. The van der Waals surface area contributed by atoms with Crippen LogP contribution in [0.25, 0.3) is 0 Å². The molecule has 1 aromatic rings. The molecule has 0 aliphatic heterocycles. The molecule has 0 unspecified atom stereocenters. The van der Waals surface area contributed by atoms with Gasteiger partial charge in [-0.05, 0) is 52.4 Å². The Kier molecular flexibility index (Phi) is 4.11. The first-order valence-electron chi connectivity index (χ1n) is 6.20. The Balaban J connectivity index is 2.02. The number of benzene rings is 1. The highest BCUT2D eigenvalue weighted by atomic mass is 79.9. The summed E-state index contributed by atoms with van der Waals surface area (Å²) in [5.41, 5.74) is 1.39. The van der Waals surface area contributed by atoms with Crippen LogP contribution in [-0.4, -0.2) is 17.6 Å². The summed E-state index contributed by atoms with van der Waals surface area (Å²) in [6, 6.07) is 7.43. The zero-order chi connectivity index (χ0) is 13.9. The number of nitrogens with zero attached hydrogens (tertiary/aromatic N) is 1. The maximum absolute atomic E-state index is 10.9. The summed E-state index contributed by atoms with van der Waals surface area (Å²) in [6.45, 7) is 0.657. The van der Waals surface area contributed by atoms with Crippen LogP contribution in [0.1, 0.15) is 31.2 Å². The van der Waals surface area contributed by atoms with Crippen LogP contribution in [-0.2, 0) is 4.79 Å². The van der Waals surface area contributed by atoms with Gasteiger partial charge in [0.1, 0.15) is 0 Å². The van der Waals surface area contributed by atoms with Gasteiger partial charge in [-0.3, -0.25) is 4.79 Å². The van der Waals surface area contributed by atoms with E-state index in [1.165, 1.54) is 0 Å². The first kappa shape index (κ1) is 13.9. The highest BCUT2D eigenvalue weighted by Gasteiger charge is 2.38. The quantitative estimate of drug-likeness (QED) is 0.871. The van der Waals surface area contributed by atoms with Gasteiger partial charge in [0.25, 0.3) is 0 Å². The molecule has 0 bridgehead atoms. The van der Waals surface area contributed by atoms with E-state index in [1.54, 1.807) is 12.1 Å². The molecule has 1 aromatic carbocycles. The second-order valence-electron chi connectivity index (χ2n) is 5.08. The van der Waals surface area contributed by atoms with Crippen LogP contribution in [0.2, 0.25) is 0 Å². The predicted molar refractivity (Wildman–Crippen MR) is 75.9 cm³/mol. The molecule has 0 saturated heterocycles. The molecule has 5 heteroatoms. The third kappa shape index (κ3) is 3.27. The van der Waals surface area contributed by atoms with Crippen molar-refractivity contribution in [1.29, 1.82) is 5.26 Å². The van der Waals surface area contributed by atoms with Gasteiger partial charge in [-0.2, -0.15) is 5.26 Å². The van der Waals surface area contributed by atoms with Crippen LogP contribution in [0.4, 0.5) is 5.69 Å². The number of nitriles is 1. The lowest BCUT2D eigenvalue weighted by atomic mass is 9.66. The molecule has 0 aromatic heterocycles. The smallest absolute Gasteiger partial charge is 0.303 e. The third-order valence-corrected chi connectivity index (χ3v) is 4.35. The normalized spacial score (nSPS) is 16.2. The summed E-state index contributed by atoms with van der Waals surface area (Å²) in [5.74, 6) is -0.736. The van der Waals surface area contributed by atoms with Crippen LogP contribution >= 0.6 is 15.9 Å². The van der Waals surface area contributed by atoms with Crippen LogP contribution in [0.5, 0.6) is 0 Å². The van der Waals surface area contributed by atoms with Gasteiger partial charge in [-0.25, -0.2) is 0 Å². The van der Waals surface area contributed by atoms with E-state index >= 15 is 0 Å². The molecule has 0 radical (unpaired) electrons. The predicted octanol–water partition coefficient (Wildman–Crippen LogP) is 3.38. The lowest BCUT2D eigenvalue weighted by molar-refractivity contribution is -0.141. The molecular weight excluding hydrogens is 308 g/mol. The number of hydrogen-bond donors (Lipinski definition) is 2. The van der Waals surface area contributed by atoms with Gasteiger partial charge in [0.15, 0.2) is 0 Å². The second-order valence-corrected chi connectivity index (χ2v) is 5.94. The number of carboxylic acids is 1. The van der Waals surface area contributed by atoms with E-state index in [1.807, 2.05) is 6.07 Å². The molecule has 1 saturated carbocycles. The highest BCUT2D eigenvalue weighted by Crippen LogP contribution is 2.44. The van der Waals surface area contributed by atoms with E-state index in [9.17, 15) is 4.79 Å². The number of hydrogen-bond acceptors (Lipinski definition) is 3. The number of carboxylic acid groups (broad SMARTS) is 1. The summed E-state index contributed by atoms with van der Waals surface area (Å²) >= 11 is 3.42. The molecule has 4 nitrogen and oxygen atoms in total. The fourth-order valence-corrected chi connectivity index (χ4v) is 2.94. The van der Waals surface area contributed by atoms with E-state index < -0.39 is 5.97 Å². The second kappa shape index (κ2) is 5.62. The fourth-order valence-electron chi connectivity index (χ4n) is 2.42. The largest absolute Gasteiger partial charge is 0.481 e. The van der Waals surface area contributed by atoms with Crippen molar-refractivity contribution in [2.75, 3.05) is 11.9 Å². The summed E-state index contributed by atoms with van der Waals surface area (Å²) in [5, 5.41) is 21.1. The minimum Gasteiger partial charge on any atom is -0.481 e. The average molecular weight is 323 g/mol. The molecular formula is C14H15BrN2O2. The van der Waals surface area contributed by atoms with Crippen molar-refractivity contribution in [3.8, 4) is 6.07 Å². The van der Waals surface area contributed by atoms with Gasteiger partial charge in [0, 0.05) is 16.7 Å². The van der Waals surface area contributed by atoms with Gasteiger partial charge in [0.2, 0.25) is 0 Å². The molecule has 0 heterocycles. The third-order valence-electron chi connectivity index (χ3n) is 3.69. The van der Waals surface area contributed by atoms with Crippen molar-refractivity contribution < 1.29 is 9.90 Å². The van der Waals surface area contributed by atoms with Crippen molar-refractivity contribution in [2.45, 2.75) is 25.7 Å². The molecule has 2 N–H and O–H groups in total. The molecule has 1 aliphatic carbocycles. The number of aliphatic carboxylic acids is 1. The van der Waals surface area contributed by atoms with E-state index in [0.29, 0.717) is 12.1 Å². The van der Waals surface area contributed by atoms with Gasteiger partial charge in [0.05, 0.1) is 18.1 Å². The van der Waals surface area contributed by atoms with Gasteiger partial charge in [-0.1, -0.05) is 6.42 Å². The zero-order valence-corrected chi connectivity index (χ0v) is 12.0. The van der Waals surface area contributed by atoms with Crippen molar-refractivity contribution in [3.63, 3.8) is 0 Å². The Labute approximate surface area is 120 Å². The van der Waals surface area contributed by atoms with Crippen molar-refractivity contribution in [3.05, 3.63) is 28.2 Å². The highest BCUT2D eigenvalue weighted by molar-refractivity contribution is 9.10. The molecule has 19 heavy (non-hydrogen) atoms. The van der Waals surface area contributed by atoms with Crippen molar-refractivity contribution >= 4 is 27.6 Å². The molecule has 1 aliphatic rings. The van der Waals surface area contributed by atoms with Gasteiger partial charge in [-0.15, -0.1) is 0 Å². The maximum Gasteiger partial charge on any atom is 0.303 e.